The van der Waals surface area contributed by atoms with Gasteiger partial charge in [0.25, 0.3) is 0 Å². The Balaban J connectivity index is 1.87. The fraction of sp³-hybridized carbons (Fsp3) is 0.278. The summed E-state index contributed by atoms with van der Waals surface area (Å²) in [5.74, 6) is 0.470. The van der Waals surface area contributed by atoms with Crippen molar-refractivity contribution in [2.45, 2.75) is 36.8 Å². The summed E-state index contributed by atoms with van der Waals surface area (Å²) in [6.07, 6.45) is 2.47. The van der Waals surface area contributed by atoms with Crippen LogP contribution in [0.4, 0.5) is 10.1 Å². The molecule has 0 atom stereocenters. The molecular weight excluding hydrogens is 297 g/mol. The van der Waals surface area contributed by atoms with E-state index in [0.717, 1.165) is 23.4 Å². The topological polar surface area (TPSA) is 29.1 Å². The molecule has 116 valence electrons. The maximum absolute atomic E-state index is 13.5. The number of carbonyl (C=O) groups excluding carboxylic acids is 1. The van der Waals surface area contributed by atoms with E-state index in [2.05, 4.69) is 12.2 Å². The third-order valence-electron chi connectivity index (χ3n) is 3.25. The number of nitrogens with one attached hydrogen (secondary N) is 1. The van der Waals surface area contributed by atoms with Crippen LogP contribution in [0.5, 0.6) is 0 Å². The van der Waals surface area contributed by atoms with Gasteiger partial charge in [-0.3, -0.25) is 4.79 Å². The van der Waals surface area contributed by atoms with Crippen molar-refractivity contribution in [1.82, 2.24) is 0 Å². The Labute approximate surface area is 135 Å². The highest BCUT2D eigenvalue weighted by molar-refractivity contribution is 7.98. The van der Waals surface area contributed by atoms with Crippen molar-refractivity contribution in [3.05, 3.63) is 59.9 Å². The third-order valence-corrected chi connectivity index (χ3v) is 4.31. The molecule has 2 nitrogen and oxygen atoms in total. The molecule has 2 aromatic carbocycles. The maximum Gasteiger partial charge on any atom is 0.224 e. The first kappa shape index (κ1) is 16.6. The molecule has 0 aliphatic heterocycles. The zero-order valence-corrected chi connectivity index (χ0v) is 13.5. The van der Waals surface area contributed by atoms with Crippen LogP contribution in [0, 0.1) is 5.82 Å². The van der Waals surface area contributed by atoms with Crippen LogP contribution in [-0.2, 0) is 10.5 Å². The number of rotatable bonds is 7. The molecule has 0 fully saturated rings. The number of hydrogen-bond donors (Lipinski definition) is 1. The summed E-state index contributed by atoms with van der Waals surface area (Å²) in [6.45, 7) is 2.06. The van der Waals surface area contributed by atoms with E-state index in [1.807, 2.05) is 30.3 Å². The molecule has 0 saturated carbocycles. The molecule has 0 unspecified atom stereocenters. The number of anilines is 1. The normalized spacial score (nSPS) is 10.5. The number of unbranched alkanes of at least 4 members (excludes halogenated alkanes) is 1. The second-order valence-electron chi connectivity index (χ2n) is 5.06. The van der Waals surface area contributed by atoms with Gasteiger partial charge < -0.3 is 5.32 Å². The minimum absolute atomic E-state index is 0.0496. The average Bonchev–Trinajstić information content (AvgIpc) is 2.53. The standard InChI is InChI=1S/C18H20FNOS/c1-2-3-8-18(21)20-15-9-11-16(12-10-15)22-13-14-6-4-5-7-17(14)19/h4-7,9-12H,2-3,8,13H2,1H3,(H,20,21). The van der Waals surface area contributed by atoms with Gasteiger partial charge in [0.1, 0.15) is 5.82 Å². The molecule has 0 aromatic heterocycles. The molecule has 0 spiro atoms. The fourth-order valence-electron chi connectivity index (χ4n) is 1.97. The summed E-state index contributed by atoms with van der Waals surface area (Å²) in [5.41, 5.74) is 1.50. The molecule has 1 amide bonds. The minimum Gasteiger partial charge on any atom is -0.326 e. The number of hydrogen-bond acceptors (Lipinski definition) is 2. The van der Waals surface area contributed by atoms with E-state index in [4.69, 9.17) is 0 Å². The van der Waals surface area contributed by atoms with Crippen LogP contribution in [0.15, 0.2) is 53.4 Å². The Hall–Kier alpha value is -1.81. The van der Waals surface area contributed by atoms with Gasteiger partial charge in [-0.25, -0.2) is 4.39 Å². The van der Waals surface area contributed by atoms with Crippen molar-refractivity contribution in [1.29, 1.82) is 0 Å². The lowest BCUT2D eigenvalue weighted by molar-refractivity contribution is -0.116. The smallest absolute Gasteiger partial charge is 0.224 e. The third kappa shape index (κ3) is 5.19. The SMILES string of the molecule is CCCCC(=O)Nc1ccc(SCc2ccccc2F)cc1. The second kappa shape index (κ2) is 8.59. The zero-order valence-electron chi connectivity index (χ0n) is 12.6. The van der Waals surface area contributed by atoms with Gasteiger partial charge >= 0.3 is 0 Å². The Bertz CT molecular complexity index is 613. The summed E-state index contributed by atoms with van der Waals surface area (Å²) >= 11 is 1.58. The van der Waals surface area contributed by atoms with Crippen LogP contribution in [-0.4, -0.2) is 5.91 Å². The summed E-state index contributed by atoms with van der Waals surface area (Å²) in [7, 11) is 0. The van der Waals surface area contributed by atoms with Crippen LogP contribution in [0.25, 0.3) is 0 Å². The van der Waals surface area contributed by atoms with Crippen molar-refractivity contribution in [3.63, 3.8) is 0 Å². The zero-order chi connectivity index (χ0) is 15.8. The lowest BCUT2D eigenvalue weighted by Gasteiger charge is -2.07. The Kier molecular flexibility index (Phi) is 6.46. The monoisotopic (exact) mass is 317 g/mol. The predicted octanol–water partition coefficient (Wildman–Crippen LogP) is 5.25. The predicted molar refractivity (Wildman–Crippen MR) is 90.6 cm³/mol. The first-order valence-electron chi connectivity index (χ1n) is 7.45. The molecule has 0 aliphatic carbocycles. The molecular formula is C18H20FNOS. The van der Waals surface area contributed by atoms with E-state index < -0.39 is 0 Å². The van der Waals surface area contributed by atoms with Crippen molar-refractivity contribution in [3.8, 4) is 0 Å². The van der Waals surface area contributed by atoms with Gasteiger partial charge in [0, 0.05) is 22.8 Å². The van der Waals surface area contributed by atoms with Gasteiger partial charge in [-0.15, -0.1) is 11.8 Å². The van der Waals surface area contributed by atoms with Gasteiger partial charge in [-0.1, -0.05) is 31.5 Å². The molecule has 0 radical (unpaired) electrons. The van der Waals surface area contributed by atoms with Crippen molar-refractivity contribution in [2.75, 3.05) is 5.32 Å². The van der Waals surface area contributed by atoms with Gasteiger partial charge in [-0.2, -0.15) is 0 Å². The number of carbonyl (C=O) groups is 1. The number of halogens is 1. The number of benzene rings is 2. The molecule has 2 rings (SSSR count). The van der Waals surface area contributed by atoms with Crippen LogP contribution >= 0.6 is 11.8 Å². The van der Waals surface area contributed by atoms with E-state index in [9.17, 15) is 9.18 Å². The van der Waals surface area contributed by atoms with E-state index >= 15 is 0 Å². The Morgan fingerprint density at radius 2 is 1.86 bits per heavy atom. The van der Waals surface area contributed by atoms with E-state index in [1.54, 1.807) is 23.9 Å². The van der Waals surface area contributed by atoms with Crippen molar-refractivity contribution < 1.29 is 9.18 Å². The van der Waals surface area contributed by atoms with Gasteiger partial charge in [0.15, 0.2) is 0 Å². The van der Waals surface area contributed by atoms with Crippen LogP contribution in [0.3, 0.4) is 0 Å². The molecule has 1 N–H and O–H groups in total. The molecule has 0 bridgehead atoms. The van der Waals surface area contributed by atoms with Gasteiger partial charge in [0.05, 0.1) is 0 Å². The highest BCUT2D eigenvalue weighted by atomic mass is 32.2. The van der Waals surface area contributed by atoms with Crippen LogP contribution in [0.1, 0.15) is 31.7 Å². The molecule has 4 heteroatoms. The summed E-state index contributed by atoms with van der Waals surface area (Å²) < 4.78 is 13.5. The van der Waals surface area contributed by atoms with Crippen molar-refractivity contribution in [2.24, 2.45) is 0 Å². The lowest BCUT2D eigenvalue weighted by Crippen LogP contribution is -2.10. The summed E-state index contributed by atoms with van der Waals surface area (Å²) in [4.78, 5) is 12.7. The molecule has 0 saturated heterocycles. The van der Waals surface area contributed by atoms with Crippen LogP contribution < -0.4 is 5.32 Å². The maximum atomic E-state index is 13.5. The highest BCUT2D eigenvalue weighted by Gasteiger charge is 2.04. The lowest BCUT2D eigenvalue weighted by atomic mass is 10.2. The summed E-state index contributed by atoms with van der Waals surface area (Å²) in [6, 6.07) is 14.5. The number of thioether (sulfide) groups is 1. The fourth-order valence-corrected chi connectivity index (χ4v) is 2.86. The average molecular weight is 317 g/mol. The summed E-state index contributed by atoms with van der Waals surface area (Å²) in [5, 5.41) is 2.88. The minimum atomic E-state index is -0.171. The largest absolute Gasteiger partial charge is 0.326 e. The Morgan fingerprint density at radius 3 is 2.55 bits per heavy atom. The Morgan fingerprint density at radius 1 is 1.14 bits per heavy atom. The van der Waals surface area contributed by atoms with Gasteiger partial charge in [-0.05, 0) is 42.3 Å². The van der Waals surface area contributed by atoms with E-state index in [1.165, 1.54) is 6.07 Å². The molecule has 22 heavy (non-hydrogen) atoms. The number of amides is 1. The van der Waals surface area contributed by atoms with Crippen LogP contribution in [0.2, 0.25) is 0 Å². The molecule has 0 heterocycles. The molecule has 0 aliphatic rings. The molecule has 2 aromatic rings. The highest BCUT2D eigenvalue weighted by Crippen LogP contribution is 2.25. The quantitative estimate of drug-likeness (QED) is 0.707. The van der Waals surface area contributed by atoms with E-state index in [-0.39, 0.29) is 11.7 Å². The first-order valence-corrected chi connectivity index (χ1v) is 8.43. The second-order valence-corrected chi connectivity index (χ2v) is 6.10. The van der Waals surface area contributed by atoms with Gasteiger partial charge in [0.2, 0.25) is 5.91 Å². The van der Waals surface area contributed by atoms with Crippen molar-refractivity contribution >= 4 is 23.4 Å². The van der Waals surface area contributed by atoms with E-state index in [0.29, 0.717) is 17.7 Å². The first-order chi connectivity index (χ1) is 10.7.